The van der Waals surface area contributed by atoms with Gasteiger partial charge in [0.1, 0.15) is 5.69 Å². The minimum Gasteiger partial charge on any atom is -0.339 e. The van der Waals surface area contributed by atoms with Crippen molar-refractivity contribution in [1.82, 2.24) is 9.97 Å². The van der Waals surface area contributed by atoms with E-state index in [0.717, 1.165) is 23.8 Å². The summed E-state index contributed by atoms with van der Waals surface area (Å²) in [4.78, 5) is 9.21. The smallest absolute Gasteiger partial charge is 0.339 e. The average molecular weight is 249 g/mol. The first-order chi connectivity index (χ1) is 7.57. The van der Waals surface area contributed by atoms with Crippen molar-refractivity contribution in [3.8, 4) is 0 Å². The van der Waals surface area contributed by atoms with Crippen LogP contribution < -0.4 is 4.90 Å². The molecule has 1 aromatic rings. The second-order valence-electron chi connectivity index (χ2n) is 3.34. The van der Waals surface area contributed by atoms with Gasteiger partial charge in [-0.3, -0.25) is 0 Å². The molecule has 0 N–H and O–H groups in total. The summed E-state index contributed by atoms with van der Waals surface area (Å²) in [5.74, 6) is 1.98. The molecular weight excluding hydrogens is 239 g/mol. The Kier molecular flexibility index (Phi) is 3.22. The molecule has 1 aromatic heterocycles. The van der Waals surface area contributed by atoms with Crippen molar-refractivity contribution in [2.24, 2.45) is 0 Å². The number of hydrogen-bond acceptors (Lipinski definition) is 4. The number of nitrogens with zero attached hydrogens (tertiary/aromatic N) is 3. The Morgan fingerprint density at radius 3 is 2.56 bits per heavy atom. The van der Waals surface area contributed by atoms with Gasteiger partial charge in [0.2, 0.25) is 5.95 Å². The largest absolute Gasteiger partial charge is 0.433 e. The highest BCUT2D eigenvalue weighted by molar-refractivity contribution is 7.99. The normalized spacial score (nSPS) is 17.6. The average Bonchev–Trinajstić information content (AvgIpc) is 2.29. The van der Waals surface area contributed by atoms with E-state index in [2.05, 4.69) is 9.97 Å². The van der Waals surface area contributed by atoms with Gasteiger partial charge in [-0.25, -0.2) is 9.97 Å². The Bertz CT molecular complexity index is 363. The number of halogens is 3. The summed E-state index contributed by atoms with van der Waals surface area (Å²) in [6, 6.07) is 0.891. The summed E-state index contributed by atoms with van der Waals surface area (Å²) >= 11 is 1.78. The first-order valence-corrected chi connectivity index (χ1v) is 5.96. The molecule has 1 saturated heterocycles. The molecule has 0 saturated carbocycles. The fourth-order valence-corrected chi connectivity index (χ4v) is 2.33. The predicted molar refractivity (Wildman–Crippen MR) is 56.6 cm³/mol. The molecule has 88 valence electrons. The van der Waals surface area contributed by atoms with Crippen LogP contribution in [-0.2, 0) is 6.18 Å². The van der Waals surface area contributed by atoms with Gasteiger partial charge in [-0.1, -0.05) is 0 Å². The van der Waals surface area contributed by atoms with Crippen molar-refractivity contribution in [3.05, 3.63) is 18.0 Å². The van der Waals surface area contributed by atoms with Crippen LogP contribution in [0.5, 0.6) is 0 Å². The SMILES string of the molecule is FC(F)(F)c1ccnc(N2CCSCC2)n1. The van der Waals surface area contributed by atoms with Gasteiger partial charge in [0, 0.05) is 30.8 Å². The Balaban J connectivity index is 2.21. The van der Waals surface area contributed by atoms with Gasteiger partial charge in [0.05, 0.1) is 0 Å². The number of thioether (sulfide) groups is 1. The first kappa shape index (κ1) is 11.5. The molecular formula is C9H10F3N3S. The lowest BCUT2D eigenvalue weighted by Crippen LogP contribution is -2.34. The molecule has 0 radical (unpaired) electrons. The molecule has 0 unspecified atom stereocenters. The van der Waals surface area contributed by atoms with Crippen molar-refractivity contribution in [2.45, 2.75) is 6.18 Å². The number of aromatic nitrogens is 2. The molecule has 16 heavy (non-hydrogen) atoms. The highest BCUT2D eigenvalue weighted by atomic mass is 32.2. The van der Waals surface area contributed by atoms with Crippen LogP contribution in [0.2, 0.25) is 0 Å². The van der Waals surface area contributed by atoms with Crippen molar-refractivity contribution >= 4 is 17.7 Å². The molecule has 0 bridgehead atoms. The number of anilines is 1. The number of hydrogen-bond donors (Lipinski definition) is 0. The highest BCUT2D eigenvalue weighted by Gasteiger charge is 2.33. The number of alkyl halides is 3. The molecule has 1 fully saturated rings. The third-order valence-electron chi connectivity index (χ3n) is 2.23. The Morgan fingerprint density at radius 2 is 1.94 bits per heavy atom. The summed E-state index contributed by atoms with van der Waals surface area (Å²) in [6.45, 7) is 1.40. The molecule has 1 aliphatic heterocycles. The van der Waals surface area contributed by atoms with E-state index in [0.29, 0.717) is 13.1 Å². The van der Waals surface area contributed by atoms with Crippen LogP contribution in [0.3, 0.4) is 0 Å². The van der Waals surface area contributed by atoms with Crippen molar-refractivity contribution < 1.29 is 13.2 Å². The van der Waals surface area contributed by atoms with E-state index < -0.39 is 11.9 Å². The summed E-state index contributed by atoms with van der Waals surface area (Å²) in [5, 5.41) is 0. The van der Waals surface area contributed by atoms with E-state index in [-0.39, 0.29) is 5.95 Å². The molecule has 2 heterocycles. The molecule has 0 aliphatic carbocycles. The van der Waals surface area contributed by atoms with Crippen LogP contribution in [0.15, 0.2) is 12.3 Å². The monoisotopic (exact) mass is 249 g/mol. The van der Waals surface area contributed by atoms with Crippen LogP contribution in [-0.4, -0.2) is 34.6 Å². The second-order valence-corrected chi connectivity index (χ2v) is 4.56. The van der Waals surface area contributed by atoms with Gasteiger partial charge in [-0.05, 0) is 6.07 Å². The van der Waals surface area contributed by atoms with Gasteiger partial charge in [-0.15, -0.1) is 0 Å². The van der Waals surface area contributed by atoms with E-state index in [1.165, 1.54) is 0 Å². The lowest BCUT2D eigenvalue weighted by molar-refractivity contribution is -0.141. The lowest BCUT2D eigenvalue weighted by Gasteiger charge is -2.26. The Hall–Kier alpha value is -0.980. The van der Waals surface area contributed by atoms with Crippen molar-refractivity contribution in [2.75, 3.05) is 29.5 Å². The van der Waals surface area contributed by atoms with E-state index in [9.17, 15) is 13.2 Å². The molecule has 0 amide bonds. The van der Waals surface area contributed by atoms with E-state index in [1.807, 2.05) is 0 Å². The number of rotatable bonds is 1. The Morgan fingerprint density at radius 1 is 1.25 bits per heavy atom. The van der Waals surface area contributed by atoms with Crippen LogP contribution >= 0.6 is 11.8 Å². The highest BCUT2D eigenvalue weighted by Crippen LogP contribution is 2.28. The summed E-state index contributed by atoms with van der Waals surface area (Å²) in [7, 11) is 0. The minimum absolute atomic E-state index is 0.176. The lowest BCUT2D eigenvalue weighted by atomic mass is 10.4. The fraction of sp³-hybridized carbons (Fsp3) is 0.556. The molecule has 3 nitrogen and oxygen atoms in total. The first-order valence-electron chi connectivity index (χ1n) is 4.80. The van der Waals surface area contributed by atoms with Crippen LogP contribution in [0.25, 0.3) is 0 Å². The van der Waals surface area contributed by atoms with Crippen molar-refractivity contribution in [1.29, 1.82) is 0 Å². The maximum Gasteiger partial charge on any atom is 0.433 e. The quantitative estimate of drug-likeness (QED) is 0.761. The third kappa shape index (κ3) is 2.58. The zero-order chi connectivity index (χ0) is 11.6. The fourth-order valence-electron chi connectivity index (χ4n) is 1.42. The van der Waals surface area contributed by atoms with Gasteiger partial charge < -0.3 is 4.90 Å². The summed E-state index contributed by atoms with van der Waals surface area (Å²) in [6.07, 6.45) is -3.24. The molecule has 0 aromatic carbocycles. The van der Waals surface area contributed by atoms with E-state index in [4.69, 9.17) is 0 Å². The third-order valence-corrected chi connectivity index (χ3v) is 3.17. The van der Waals surface area contributed by atoms with Crippen LogP contribution in [0.4, 0.5) is 19.1 Å². The summed E-state index contributed by atoms with van der Waals surface area (Å²) in [5.41, 5.74) is -0.879. The summed E-state index contributed by atoms with van der Waals surface area (Å²) < 4.78 is 37.3. The zero-order valence-corrected chi connectivity index (χ0v) is 9.18. The Labute approximate surface area is 95.1 Å². The molecule has 0 spiro atoms. The van der Waals surface area contributed by atoms with Crippen LogP contribution in [0, 0.1) is 0 Å². The zero-order valence-electron chi connectivity index (χ0n) is 8.37. The maximum atomic E-state index is 12.4. The topological polar surface area (TPSA) is 29.0 Å². The van der Waals surface area contributed by atoms with Gasteiger partial charge in [0.15, 0.2) is 0 Å². The standard InChI is InChI=1S/C9H10F3N3S/c10-9(11,12)7-1-2-13-8(14-7)15-3-5-16-6-4-15/h1-2H,3-6H2. The van der Waals surface area contributed by atoms with E-state index >= 15 is 0 Å². The molecule has 2 rings (SSSR count). The second kappa shape index (κ2) is 4.48. The molecule has 1 aliphatic rings. The van der Waals surface area contributed by atoms with E-state index in [1.54, 1.807) is 16.7 Å². The minimum atomic E-state index is -4.40. The van der Waals surface area contributed by atoms with Gasteiger partial charge in [0.25, 0.3) is 0 Å². The maximum absolute atomic E-state index is 12.4. The van der Waals surface area contributed by atoms with Gasteiger partial charge >= 0.3 is 6.18 Å². The van der Waals surface area contributed by atoms with Crippen molar-refractivity contribution in [3.63, 3.8) is 0 Å². The predicted octanol–water partition coefficient (Wildman–Crippen LogP) is 2.05. The molecule has 0 atom stereocenters. The van der Waals surface area contributed by atoms with Crippen LogP contribution in [0.1, 0.15) is 5.69 Å². The molecule has 7 heteroatoms. The van der Waals surface area contributed by atoms with Gasteiger partial charge in [-0.2, -0.15) is 24.9 Å².